The number of hydrogen-bond donors (Lipinski definition) is 1. The van der Waals surface area contributed by atoms with Crippen LogP contribution in [0.25, 0.3) is 0 Å². The van der Waals surface area contributed by atoms with Crippen LogP contribution >= 0.6 is 0 Å². The van der Waals surface area contributed by atoms with Crippen molar-refractivity contribution in [2.24, 2.45) is 11.3 Å². The van der Waals surface area contributed by atoms with Crippen LogP contribution in [-0.4, -0.2) is 62.3 Å². The van der Waals surface area contributed by atoms with E-state index < -0.39 is 11.7 Å². The number of carbonyl (C=O) groups is 1. The summed E-state index contributed by atoms with van der Waals surface area (Å²) in [7, 11) is 0. The second-order valence-electron chi connectivity index (χ2n) is 10.3. The highest BCUT2D eigenvalue weighted by Crippen LogP contribution is 2.47. The summed E-state index contributed by atoms with van der Waals surface area (Å²) in [5.74, 6) is 0.0491. The van der Waals surface area contributed by atoms with Gasteiger partial charge in [-0.05, 0) is 62.1 Å². The van der Waals surface area contributed by atoms with Gasteiger partial charge in [-0.25, -0.2) is 0 Å². The highest BCUT2D eigenvalue weighted by atomic mass is 19.4. The Morgan fingerprint density at radius 1 is 1.15 bits per heavy atom. The summed E-state index contributed by atoms with van der Waals surface area (Å²) in [6.07, 6.45) is 0.995. The van der Waals surface area contributed by atoms with E-state index in [0.29, 0.717) is 30.9 Å². The van der Waals surface area contributed by atoms with E-state index in [4.69, 9.17) is 10.00 Å². The molecule has 34 heavy (non-hydrogen) atoms. The average molecular weight is 477 g/mol. The Hall–Kier alpha value is -2.31. The SMILES string of the molecule is N#Cc1ccc(N2CCC3(CC2)CN(C2CCOCC2)CC3C(=O)NC2CC2)cc1C(F)(F)F. The van der Waals surface area contributed by atoms with Gasteiger partial charge >= 0.3 is 6.18 Å². The van der Waals surface area contributed by atoms with Crippen molar-refractivity contribution in [3.63, 3.8) is 0 Å². The van der Waals surface area contributed by atoms with Crippen LogP contribution in [0, 0.1) is 22.7 Å². The van der Waals surface area contributed by atoms with E-state index in [1.807, 2.05) is 4.90 Å². The molecule has 4 aliphatic rings. The Balaban J connectivity index is 1.33. The zero-order valence-electron chi connectivity index (χ0n) is 19.2. The second-order valence-corrected chi connectivity index (χ2v) is 10.3. The van der Waals surface area contributed by atoms with Gasteiger partial charge in [-0.3, -0.25) is 9.69 Å². The molecule has 1 N–H and O–H groups in total. The van der Waals surface area contributed by atoms with Gasteiger partial charge in [-0.2, -0.15) is 18.4 Å². The first-order valence-corrected chi connectivity index (χ1v) is 12.3. The highest BCUT2D eigenvalue weighted by molar-refractivity contribution is 5.81. The van der Waals surface area contributed by atoms with Crippen LogP contribution in [0.4, 0.5) is 18.9 Å². The fraction of sp³-hybridized carbons (Fsp3) is 0.680. The van der Waals surface area contributed by atoms with Crippen molar-refractivity contribution in [1.29, 1.82) is 5.26 Å². The molecule has 0 radical (unpaired) electrons. The van der Waals surface area contributed by atoms with Gasteiger partial charge in [-0.15, -0.1) is 0 Å². The summed E-state index contributed by atoms with van der Waals surface area (Å²) in [5.41, 5.74) is -0.919. The zero-order chi connectivity index (χ0) is 23.9. The van der Waals surface area contributed by atoms with Crippen LogP contribution < -0.4 is 10.2 Å². The number of alkyl halides is 3. The molecule has 0 bridgehead atoms. The van der Waals surface area contributed by atoms with Gasteiger partial charge in [0.15, 0.2) is 0 Å². The number of hydrogen-bond acceptors (Lipinski definition) is 5. The van der Waals surface area contributed by atoms with E-state index in [2.05, 4.69) is 10.2 Å². The van der Waals surface area contributed by atoms with Crippen molar-refractivity contribution >= 4 is 11.6 Å². The number of halogens is 3. The fourth-order valence-corrected chi connectivity index (χ4v) is 6.00. The van der Waals surface area contributed by atoms with Crippen LogP contribution in [0.5, 0.6) is 0 Å². The third-order valence-electron chi connectivity index (χ3n) is 8.18. The van der Waals surface area contributed by atoms with E-state index in [1.54, 1.807) is 12.1 Å². The topological polar surface area (TPSA) is 68.6 Å². The Bertz CT molecular complexity index is 958. The van der Waals surface area contributed by atoms with Crippen LogP contribution in [-0.2, 0) is 15.7 Å². The fourth-order valence-electron chi connectivity index (χ4n) is 6.00. The number of piperidine rings is 1. The standard InChI is InChI=1S/C25H31F3N4O2/c26-25(27,28)21-13-20(4-1-17(21)14-29)31-9-7-24(8-10-31)16-32(19-5-11-34-12-6-19)15-22(24)23(33)30-18-2-3-18/h1,4,13,18-19,22H,2-3,5-12,15-16H2,(H,30,33). The number of nitrogens with one attached hydrogen (secondary N) is 1. The lowest BCUT2D eigenvalue weighted by Gasteiger charge is -2.43. The number of ether oxygens (including phenoxy) is 1. The molecule has 1 unspecified atom stereocenters. The molecule has 0 aromatic heterocycles. The van der Waals surface area contributed by atoms with Gasteiger partial charge in [-0.1, -0.05) is 0 Å². The van der Waals surface area contributed by atoms with Crippen LogP contribution in [0.15, 0.2) is 18.2 Å². The minimum absolute atomic E-state index is 0.0928. The Morgan fingerprint density at radius 2 is 1.85 bits per heavy atom. The van der Waals surface area contributed by atoms with Crippen LogP contribution in [0.1, 0.15) is 49.7 Å². The molecule has 3 heterocycles. The highest BCUT2D eigenvalue weighted by Gasteiger charge is 2.53. The van der Waals surface area contributed by atoms with Crippen molar-refractivity contribution in [2.45, 2.75) is 56.8 Å². The van der Waals surface area contributed by atoms with E-state index in [0.717, 1.165) is 70.9 Å². The lowest BCUT2D eigenvalue weighted by Crippen LogP contribution is -2.49. The number of carbonyl (C=O) groups excluding carboxylic acids is 1. The molecule has 1 saturated carbocycles. The first-order valence-electron chi connectivity index (χ1n) is 12.3. The first-order chi connectivity index (χ1) is 16.3. The van der Waals surface area contributed by atoms with E-state index in [-0.39, 0.29) is 22.8 Å². The molecule has 5 rings (SSSR count). The molecule has 1 aromatic rings. The van der Waals surface area contributed by atoms with Gasteiger partial charge in [0.05, 0.1) is 23.1 Å². The number of likely N-dealkylation sites (tertiary alicyclic amines) is 1. The molecule has 1 atom stereocenters. The summed E-state index contributed by atoms with van der Waals surface area (Å²) >= 11 is 0. The lowest BCUT2D eigenvalue weighted by molar-refractivity contribution is -0.137. The average Bonchev–Trinajstić information content (AvgIpc) is 3.58. The van der Waals surface area contributed by atoms with E-state index >= 15 is 0 Å². The second kappa shape index (κ2) is 9.04. The summed E-state index contributed by atoms with van der Waals surface area (Å²) in [5, 5.41) is 12.3. The van der Waals surface area contributed by atoms with Gasteiger partial charge in [0.2, 0.25) is 5.91 Å². The van der Waals surface area contributed by atoms with Crippen molar-refractivity contribution in [3.05, 3.63) is 29.3 Å². The summed E-state index contributed by atoms with van der Waals surface area (Å²) < 4.78 is 45.9. The van der Waals surface area contributed by atoms with Gasteiger partial charge in [0.25, 0.3) is 0 Å². The molecular weight excluding hydrogens is 445 g/mol. The predicted octanol–water partition coefficient (Wildman–Crippen LogP) is 3.55. The lowest BCUT2D eigenvalue weighted by atomic mass is 9.70. The van der Waals surface area contributed by atoms with Gasteiger partial charge in [0, 0.05) is 57.2 Å². The molecule has 3 aliphatic heterocycles. The van der Waals surface area contributed by atoms with Crippen LogP contribution in [0.2, 0.25) is 0 Å². The number of rotatable bonds is 4. The minimum atomic E-state index is -4.57. The van der Waals surface area contributed by atoms with Gasteiger partial charge < -0.3 is 15.0 Å². The molecule has 4 fully saturated rings. The normalized spacial score (nSPS) is 25.9. The quantitative estimate of drug-likeness (QED) is 0.720. The Morgan fingerprint density at radius 3 is 2.47 bits per heavy atom. The number of nitriles is 1. The van der Waals surface area contributed by atoms with Crippen molar-refractivity contribution in [2.75, 3.05) is 44.3 Å². The molecule has 1 aromatic carbocycles. The van der Waals surface area contributed by atoms with Crippen LogP contribution in [0.3, 0.4) is 0 Å². The van der Waals surface area contributed by atoms with E-state index in [9.17, 15) is 18.0 Å². The molecule has 1 aliphatic carbocycles. The largest absolute Gasteiger partial charge is 0.417 e. The van der Waals surface area contributed by atoms with Crippen molar-refractivity contribution in [3.8, 4) is 6.07 Å². The number of amides is 1. The number of nitrogens with zero attached hydrogens (tertiary/aromatic N) is 3. The summed E-state index contributed by atoms with van der Waals surface area (Å²) in [4.78, 5) is 17.7. The summed E-state index contributed by atoms with van der Waals surface area (Å²) in [6.45, 7) is 4.30. The first kappa shape index (κ1) is 23.4. The molecule has 6 nitrogen and oxygen atoms in total. The maximum absolute atomic E-state index is 13.5. The van der Waals surface area contributed by atoms with E-state index in [1.165, 1.54) is 6.07 Å². The van der Waals surface area contributed by atoms with Crippen molar-refractivity contribution < 1.29 is 22.7 Å². The number of anilines is 1. The third-order valence-corrected chi connectivity index (χ3v) is 8.18. The maximum Gasteiger partial charge on any atom is 0.417 e. The Labute approximate surface area is 198 Å². The van der Waals surface area contributed by atoms with Crippen molar-refractivity contribution in [1.82, 2.24) is 10.2 Å². The predicted molar refractivity (Wildman–Crippen MR) is 120 cm³/mol. The molecule has 9 heteroatoms. The molecule has 184 valence electrons. The number of benzene rings is 1. The Kier molecular flexibility index (Phi) is 6.23. The smallest absolute Gasteiger partial charge is 0.381 e. The molecule has 1 amide bonds. The molecular formula is C25H31F3N4O2. The monoisotopic (exact) mass is 476 g/mol. The maximum atomic E-state index is 13.5. The molecule has 3 saturated heterocycles. The third kappa shape index (κ3) is 4.63. The van der Waals surface area contributed by atoms with Gasteiger partial charge in [0.1, 0.15) is 0 Å². The zero-order valence-corrected chi connectivity index (χ0v) is 19.2. The molecule has 1 spiro atoms. The summed E-state index contributed by atoms with van der Waals surface area (Å²) in [6, 6.07) is 6.34. The minimum Gasteiger partial charge on any atom is -0.381 e.